The molecular formula is C40H35NO. The summed E-state index contributed by atoms with van der Waals surface area (Å²) in [5.41, 5.74) is 9.75. The van der Waals surface area contributed by atoms with Crippen LogP contribution in [0.1, 0.15) is 44.1 Å². The molecule has 4 fully saturated rings. The summed E-state index contributed by atoms with van der Waals surface area (Å²) in [6.07, 6.45) is 8.53. The number of benzene rings is 5. The van der Waals surface area contributed by atoms with Gasteiger partial charge in [0.15, 0.2) is 0 Å². The molecule has 0 saturated heterocycles. The average molecular weight is 546 g/mol. The first-order valence-electron chi connectivity index (χ1n) is 15.7. The molecule has 4 aliphatic rings. The van der Waals surface area contributed by atoms with Gasteiger partial charge in [-0.2, -0.15) is 0 Å². The van der Waals surface area contributed by atoms with E-state index in [-0.39, 0.29) is 0 Å². The van der Waals surface area contributed by atoms with E-state index in [1.165, 1.54) is 60.7 Å². The molecule has 0 amide bonds. The van der Waals surface area contributed by atoms with Crippen molar-refractivity contribution in [1.29, 1.82) is 0 Å². The highest BCUT2D eigenvalue weighted by molar-refractivity contribution is 6.06. The van der Waals surface area contributed by atoms with Crippen LogP contribution in [0.5, 0.6) is 0 Å². The molecule has 2 nitrogen and oxygen atoms in total. The van der Waals surface area contributed by atoms with Crippen molar-refractivity contribution in [1.82, 2.24) is 0 Å². The van der Waals surface area contributed by atoms with Crippen LogP contribution in [-0.4, -0.2) is 0 Å². The second-order valence-electron chi connectivity index (χ2n) is 13.3. The first-order valence-corrected chi connectivity index (χ1v) is 15.7. The molecule has 0 N–H and O–H groups in total. The molecule has 0 spiro atoms. The lowest BCUT2D eigenvalue weighted by atomic mass is 9.48. The van der Waals surface area contributed by atoms with E-state index in [1.54, 1.807) is 5.56 Å². The number of anilines is 3. The Bertz CT molecular complexity index is 1880. The second kappa shape index (κ2) is 9.36. The Hall–Kier alpha value is -4.30. The Labute approximate surface area is 247 Å². The molecule has 6 aromatic rings. The minimum atomic E-state index is 0.357. The van der Waals surface area contributed by atoms with Gasteiger partial charge >= 0.3 is 0 Å². The Morgan fingerprint density at radius 3 is 1.88 bits per heavy atom. The molecule has 4 saturated carbocycles. The van der Waals surface area contributed by atoms with Crippen molar-refractivity contribution in [2.75, 3.05) is 4.90 Å². The van der Waals surface area contributed by atoms with E-state index in [9.17, 15) is 0 Å². The molecule has 4 bridgehead atoms. The maximum Gasteiger partial charge on any atom is 0.137 e. The predicted octanol–water partition coefficient (Wildman–Crippen LogP) is 11.2. The lowest BCUT2D eigenvalue weighted by molar-refractivity contribution is -0.00516. The van der Waals surface area contributed by atoms with Gasteiger partial charge < -0.3 is 9.32 Å². The first-order chi connectivity index (χ1) is 20.7. The van der Waals surface area contributed by atoms with E-state index >= 15 is 0 Å². The van der Waals surface area contributed by atoms with Crippen molar-refractivity contribution in [3.05, 3.63) is 127 Å². The minimum Gasteiger partial charge on any atom is -0.456 e. The van der Waals surface area contributed by atoms with Gasteiger partial charge in [0, 0.05) is 33.9 Å². The Morgan fingerprint density at radius 2 is 1.12 bits per heavy atom. The van der Waals surface area contributed by atoms with E-state index in [4.69, 9.17) is 4.42 Å². The molecule has 1 aromatic heterocycles. The number of hydrogen-bond acceptors (Lipinski definition) is 2. The Kier molecular flexibility index (Phi) is 5.42. The molecule has 5 aromatic carbocycles. The van der Waals surface area contributed by atoms with Crippen LogP contribution < -0.4 is 4.90 Å². The number of rotatable bonds is 5. The Morgan fingerprint density at radius 1 is 0.500 bits per heavy atom. The summed E-state index contributed by atoms with van der Waals surface area (Å²) in [6, 6.07) is 44.2. The van der Waals surface area contributed by atoms with E-state index in [0.29, 0.717) is 5.41 Å². The van der Waals surface area contributed by atoms with Crippen LogP contribution >= 0.6 is 0 Å². The van der Waals surface area contributed by atoms with Crippen molar-refractivity contribution in [3.63, 3.8) is 0 Å². The third-order valence-corrected chi connectivity index (χ3v) is 10.6. The summed E-state index contributed by atoms with van der Waals surface area (Å²) in [7, 11) is 0. The third kappa shape index (κ3) is 3.92. The first kappa shape index (κ1) is 24.3. The van der Waals surface area contributed by atoms with Crippen LogP contribution in [0, 0.1) is 17.8 Å². The summed E-state index contributed by atoms with van der Waals surface area (Å²) in [4.78, 5) is 2.42. The van der Waals surface area contributed by atoms with Gasteiger partial charge in [-0.3, -0.25) is 0 Å². The summed E-state index contributed by atoms with van der Waals surface area (Å²) in [5.74, 6) is 2.78. The quantitative estimate of drug-likeness (QED) is 0.214. The van der Waals surface area contributed by atoms with Gasteiger partial charge in [0.1, 0.15) is 11.2 Å². The zero-order chi connectivity index (χ0) is 27.7. The van der Waals surface area contributed by atoms with Crippen molar-refractivity contribution in [2.45, 2.75) is 43.9 Å². The highest BCUT2D eigenvalue weighted by Crippen LogP contribution is 2.61. The van der Waals surface area contributed by atoms with Crippen molar-refractivity contribution < 1.29 is 4.42 Å². The zero-order valence-electron chi connectivity index (χ0n) is 23.9. The fourth-order valence-corrected chi connectivity index (χ4v) is 9.17. The van der Waals surface area contributed by atoms with Crippen LogP contribution in [0.3, 0.4) is 0 Å². The van der Waals surface area contributed by atoms with Gasteiger partial charge in [-0.1, -0.05) is 72.8 Å². The molecule has 0 aliphatic heterocycles. The van der Waals surface area contributed by atoms with Crippen LogP contribution in [0.4, 0.5) is 17.1 Å². The number of para-hydroxylation sites is 1. The maximum atomic E-state index is 6.35. The van der Waals surface area contributed by atoms with Crippen LogP contribution in [0.15, 0.2) is 126 Å². The summed E-state index contributed by atoms with van der Waals surface area (Å²) in [6.45, 7) is 0. The number of fused-ring (bicyclic) bond motifs is 3. The van der Waals surface area contributed by atoms with Crippen LogP contribution in [-0.2, 0) is 5.41 Å². The molecule has 10 rings (SSSR count). The average Bonchev–Trinajstić information content (AvgIpc) is 3.40. The molecule has 0 radical (unpaired) electrons. The van der Waals surface area contributed by atoms with Crippen molar-refractivity contribution >= 4 is 39.0 Å². The van der Waals surface area contributed by atoms with E-state index in [2.05, 4.69) is 120 Å². The fraction of sp³-hybridized carbons (Fsp3) is 0.250. The monoisotopic (exact) mass is 545 g/mol. The van der Waals surface area contributed by atoms with Gasteiger partial charge in [0.05, 0.1) is 0 Å². The zero-order valence-corrected chi connectivity index (χ0v) is 23.9. The lowest BCUT2D eigenvalue weighted by Gasteiger charge is -2.57. The van der Waals surface area contributed by atoms with E-state index in [0.717, 1.165) is 45.7 Å². The van der Waals surface area contributed by atoms with Crippen molar-refractivity contribution in [2.24, 2.45) is 17.8 Å². The normalized spacial score (nSPS) is 24.4. The highest BCUT2D eigenvalue weighted by atomic mass is 16.3. The number of hydrogen-bond donors (Lipinski definition) is 0. The summed E-state index contributed by atoms with van der Waals surface area (Å²) < 4.78 is 6.35. The molecule has 42 heavy (non-hydrogen) atoms. The molecule has 206 valence electrons. The van der Waals surface area contributed by atoms with Gasteiger partial charge in [-0.05, 0) is 121 Å². The Balaban J connectivity index is 1.17. The van der Waals surface area contributed by atoms with E-state index < -0.39 is 0 Å². The third-order valence-electron chi connectivity index (χ3n) is 10.6. The molecule has 1 heterocycles. The maximum absolute atomic E-state index is 6.35. The van der Waals surface area contributed by atoms with Crippen molar-refractivity contribution in [3.8, 4) is 11.1 Å². The van der Waals surface area contributed by atoms with Crippen LogP contribution in [0.2, 0.25) is 0 Å². The molecule has 4 aliphatic carbocycles. The molecule has 0 unspecified atom stereocenters. The predicted molar refractivity (Wildman–Crippen MR) is 174 cm³/mol. The number of furan rings is 1. The molecule has 0 atom stereocenters. The SMILES string of the molecule is c1ccc(-c2ccc(N(c3cccc(C45CC6CC(CC(C6)C4)C5)c3)c3ccc4c(c3)oc3ccccc34)cc2)cc1. The molecule has 2 heteroatoms. The lowest BCUT2D eigenvalue weighted by Crippen LogP contribution is -2.48. The van der Waals surface area contributed by atoms with E-state index in [1.807, 2.05) is 6.07 Å². The van der Waals surface area contributed by atoms with Gasteiger partial charge in [0.2, 0.25) is 0 Å². The second-order valence-corrected chi connectivity index (χ2v) is 13.3. The largest absolute Gasteiger partial charge is 0.456 e. The standard InChI is InChI=1S/C40H35NO/c1-2-7-30(8-3-1)31-13-15-33(16-14-31)41(35-17-18-37-36-11-4-5-12-38(36)42-39(37)23-35)34-10-6-9-32(22-34)40-24-27-19-28(25-40)21-29(20-27)26-40/h1-18,22-23,27-29H,19-21,24-26H2. The summed E-state index contributed by atoms with van der Waals surface area (Å²) in [5, 5.41) is 2.33. The van der Waals surface area contributed by atoms with Gasteiger partial charge in [0.25, 0.3) is 0 Å². The minimum absolute atomic E-state index is 0.357. The van der Waals surface area contributed by atoms with Crippen LogP contribution in [0.25, 0.3) is 33.1 Å². The fourth-order valence-electron chi connectivity index (χ4n) is 9.17. The smallest absolute Gasteiger partial charge is 0.137 e. The molecular weight excluding hydrogens is 510 g/mol. The summed E-state index contributed by atoms with van der Waals surface area (Å²) >= 11 is 0. The highest BCUT2D eigenvalue weighted by Gasteiger charge is 2.51. The van der Waals surface area contributed by atoms with Gasteiger partial charge in [-0.25, -0.2) is 0 Å². The number of nitrogens with zero attached hydrogens (tertiary/aromatic N) is 1. The topological polar surface area (TPSA) is 16.4 Å². The van der Waals surface area contributed by atoms with Gasteiger partial charge in [-0.15, -0.1) is 0 Å².